The number of ether oxygens (including phenoxy) is 1. The smallest absolute Gasteiger partial charge is 0.257 e. The van der Waals surface area contributed by atoms with Gasteiger partial charge in [0.15, 0.2) is 4.84 Å². The molecule has 0 aliphatic carbocycles. The van der Waals surface area contributed by atoms with E-state index in [9.17, 15) is 4.79 Å². The summed E-state index contributed by atoms with van der Waals surface area (Å²) >= 11 is 10.9. The Labute approximate surface area is 121 Å². The van der Waals surface area contributed by atoms with Crippen molar-refractivity contribution in [3.05, 3.63) is 54.6 Å². The number of anilines is 1. The zero-order valence-corrected chi connectivity index (χ0v) is 11.4. The van der Waals surface area contributed by atoms with Gasteiger partial charge < -0.3 is 10.1 Å². The van der Waals surface area contributed by atoms with Gasteiger partial charge in [-0.15, -0.1) is 0 Å². The first kappa shape index (κ1) is 13.7. The minimum absolute atomic E-state index is 0.458. The van der Waals surface area contributed by atoms with E-state index in [0.717, 1.165) is 5.75 Å². The number of carbonyl (C=O) groups excluding carboxylic acids is 1. The molecule has 0 aliphatic heterocycles. The Hall–Kier alpha value is -1.71. The predicted molar refractivity (Wildman–Crippen MR) is 77.1 cm³/mol. The van der Waals surface area contributed by atoms with Crippen molar-refractivity contribution < 1.29 is 9.53 Å². The van der Waals surface area contributed by atoms with Gasteiger partial charge in [-0.2, -0.15) is 0 Å². The van der Waals surface area contributed by atoms with Gasteiger partial charge in [0, 0.05) is 5.69 Å². The number of para-hydroxylation sites is 1. The molecule has 1 N–H and O–H groups in total. The molecule has 2 aromatic carbocycles. The van der Waals surface area contributed by atoms with E-state index in [1.807, 2.05) is 30.3 Å². The summed E-state index contributed by atoms with van der Waals surface area (Å²) in [5, 5.41) is 2.57. The highest BCUT2D eigenvalue weighted by molar-refractivity contribution is 6.54. The molecule has 2 aromatic rings. The Morgan fingerprint density at radius 1 is 0.947 bits per heavy atom. The van der Waals surface area contributed by atoms with Crippen LogP contribution >= 0.6 is 23.2 Å². The quantitative estimate of drug-likeness (QED) is 0.858. The third kappa shape index (κ3) is 4.16. The first-order chi connectivity index (χ1) is 9.15. The molecule has 3 nitrogen and oxygen atoms in total. The number of amides is 1. The van der Waals surface area contributed by atoms with Gasteiger partial charge in [0.05, 0.1) is 0 Å². The Balaban J connectivity index is 2.01. The van der Waals surface area contributed by atoms with Crippen LogP contribution in [0, 0.1) is 0 Å². The molecule has 0 spiro atoms. The summed E-state index contributed by atoms with van der Waals surface area (Å²) in [6.45, 7) is 0. The van der Waals surface area contributed by atoms with E-state index in [1.54, 1.807) is 24.3 Å². The molecule has 0 bridgehead atoms. The second kappa shape index (κ2) is 6.45. The molecule has 0 radical (unpaired) electrons. The van der Waals surface area contributed by atoms with Gasteiger partial charge in [0.1, 0.15) is 11.5 Å². The highest BCUT2D eigenvalue weighted by Gasteiger charge is 2.11. The minimum atomic E-state index is -1.08. The number of hydrogen-bond acceptors (Lipinski definition) is 2. The van der Waals surface area contributed by atoms with Crippen LogP contribution in [0.1, 0.15) is 0 Å². The number of carbonyl (C=O) groups is 1. The van der Waals surface area contributed by atoms with Crippen molar-refractivity contribution in [3.8, 4) is 11.5 Å². The number of alkyl halides is 2. The van der Waals surface area contributed by atoms with Crippen molar-refractivity contribution >= 4 is 34.8 Å². The van der Waals surface area contributed by atoms with E-state index in [2.05, 4.69) is 5.32 Å². The van der Waals surface area contributed by atoms with Crippen LogP contribution < -0.4 is 10.1 Å². The van der Waals surface area contributed by atoms with Gasteiger partial charge in [-0.25, -0.2) is 0 Å². The first-order valence-electron chi connectivity index (χ1n) is 5.57. The lowest BCUT2D eigenvalue weighted by atomic mass is 10.3. The zero-order valence-electron chi connectivity index (χ0n) is 9.85. The third-order valence-electron chi connectivity index (χ3n) is 2.30. The number of halogens is 2. The maximum Gasteiger partial charge on any atom is 0.257 e. The number of benzene rings is 2. The van der Waals surface area contributed by atoms with Crippen LogP contribution in [0.5, 0.6) is 11.5 Å². The highest BCUT2D eigenvalue weighted by Crippen LogP contribution is 2.22. The lowest BCUT2D eigenvalue weighted by Crippen LogP contribution is -2.18. The topological polar surface area (TPSA) is 38.3 Å². The molecular formula is C14H11Cl2NO2. The lowest BCUT2D eigenvalue weighted by molar-refractivity contribution is -0.114. The summed E-state index contributed by atoms with van der Waals surface area (Å²) in [6, 6.07) is 16.4. The van der Waals surface area contributed by atoms with Gasteiger partial charge in [0.2, 0.25) is 0 Å². The van der Waals surface area contributed by atoms with E-state index in [-0.39, 0.29) is 0 Å². The van der Waals surface area contributed by atoms with Crippen molar-refractivity contribution in [3.63, 3.8) is 0 Å². The second-order valence-corrected chi connectivity index (χ2v) is 4.83. The molecule has 1 amide bonds. The minimum Gasteiger partial charge on any atom is -0.457 e. The van der Waals surface area contributed by atoms with Crippen LogP contribution in [0.2, 0.25) is 0 Å². The van der Waals surface area contributed by atoms with Gasteiger partial charge in [0.25, 0.3) is 5.91 Å². The summed E-state index contributed by atoms with van der Waals surface area (Å²) in [6.07, 6.45) is 0. The van der Waals surface area contributed by atoms with Gasteiger partial charge >= 0.3 is 0 Å². The number of hydrogen-bond donors (Lipinski definition) is 1. The van der Waals surface area contributed by atoms with Crippen LogP contribution in [0.3, 0.4) is 0 Å². The van der Waals surface area contributed by atoms with Crippen molar-refractivity contribution in [2.45, 2.75) is 4.84 Å². The predicted octanol–water partition coefficient (Wildman–Crippen LogP) is 4.22. The van der Waals surface area contributed by atoms with Crippen molar-refractivity contribution in [1.82, 2.24) is 0 Å². The second-order valence-electron chi connectivity index (χ2n) is 3.73. The Morgan fingerprint density at radius 2 is 1.53 bits per heavy atom. The summed E-state index contributed by atoms with van der Waals surface area (Å²) in [5.74, 6) is 0.971. The van der Waals surface area contributed by atoms with Crippen LogP contribution in [0.4, 0.5) is 5.69 Å². The molecule has 0 heterocycles. The standard InChI is InChI=1S/C14H11Cl2NO2/c15-13(16)14(18)17-10-6-8-12(9-7-10)19-11-4-2-1-3-5-11/h1-9,13H,(H,17,18). The number of rotatable bonds is 4. The summed E-state index contributed by atoms with van der Waals surface area (Å²) < 4.78 is 5.62. The van der Waals surface area contributed by atoms with E-state index >= 15 is 0 Å². The van der Waals surface area contributed by atoms with E-state index < -0.39 is 10.7 Å². The van der Waals surface area contributed by atoms with Crippen LogP contribution in [0.25, 0.3) is 0 Å². The average molecular weight is 296 g/mol. The highest BCUT2D eigenvalue weighted by atomic mass is 35.5. The first-order valence-corrected chi connectivity index (χ1v) is 6.44. The molecule has 98 valence electrons. The van der Waals surface area contributed by atoms with E-state index in [4.69, 9.17) is 27.9 Å². The Morgan fingerprint density at radius 3 is 2.11 bits per heavy atom. The van der Waals surface area contributed by atoms with Crippen molar-refractivity contribution in [1.29, 1.82) is 0 Å². The van der Waals surface area contributed by atoms with Gasteiger partial charge in [-0.3, -0.25) is 4.79 Å². The zero-order chi connectivity index (χ0) is 13.7. The monoisotopic (exact) mass is 295 g/mol. The SMILES string of the molecule is O=C(Nc1ccc(Oc2ccccc2)cc1)C(Cl)Cl. The molecule has 0 saturated carbocycles. The molecule has 19 heavy (non-hydrogen) atoms. The summed E-state index contributed by atoms with van der Waals surface area (Å²) in [4.78, 5) is 10.2. The van der Waals surface area contributed by atoms with Crippen molar-refractivity contribution in [2.24, 2.45) is 0 Å². The molecule has 0 fully saturated rings. The molecular weight excluding hydrogens is 285 g/mol. The van der Waals surface area contributed by atoms with Gasteiger partial charge in [-0.05, 0) is 36.4 Å². The molecule has 0 saturated heterocycles. The van der Waals surface area contributed by atoms with E-state index in [0.29, 0.717) is 11.4 Å². The summed E-state index contributed by atoms with van der Waals surface area (Å²) in [5.41, 5.74) is 0.608. The third-order valence-corrected chi connectivity index (χ3v) is 2.70. The molecule has 2 rings (SSSR count). The Bertz CT molecular complexity index is 541. The van der Waals surface area contributed by atoms with Crippen LogP contribution in [-0.4, -0.2) is 10.7 Å². The molecule has 0 unspecified atom stereocenters. The number of nitrogens with one attached hydrogen (secondary N) is 1. The van der Waals surface area contributed by atoms with E-state index in [1.165, 1.54) is 0 Å². The fourth-order valence-electron chi connectivity index (χ4n) is 1.43. The molecule has 0 aliphatic rings. The molecule has 5 heteroatoms. The van der Waals surface area contributed by atoms with Crippen molar-refractivity contribution in [2.75, 3.05) is 5.32 Å². The summed E-state index contributed by atoms with van der Waals surface area (Å²) in [7, 11) is 0. The normalized spacial score (nSPS) is 10.3. The average Bonchev–Trinajstić information content (AvgIpc) is 2.42. The maximum absolute atomic E-state index is 11.3. The van der Waals surface area contributed by atoms with Gasteiger partial charge in [-0.1, -0.05) is 41.4 Å². The Kier molecular flexibility index (Phi) is 4.66. The van der Waals surface area contributed by atoms with Crippen LogP contribution in [-0.2, 0) is 4.79 Å². The fraction of sp³-hybridized carbons (Fsp3) is 0.0714. The van der Waals surface area contributed by atoms with Crippen LogP contribution in [0.15, 0.2) is 54.6 Å². The molecule has 0 aromatic heterocycles. The fourth-order valence-corrected chi connectivity index (χ4v) is 1.54. The maximum atomic E-state index is 11.3. The lowest BCUT2D eigenvalue weighted by Gasteiger charge is -2.08. The molecule has 0 atom stereocenters. The largest absolute Gasteiger partial charge is 0.457 e.